The molecule has 4 amide bonds. The number of carbonyl (C=O) groups excluding carboxylic acids is 3. The van der Waals surface area contributed by atoms with Gasteiger partial charge in [0.05, 0.1) is 7.11 Å². The number of rotatable bonds is 3. The van der Waals surface area contributed by atoms with Gasteiger partial charge in [-0.3, -0.25) is 19.4 Å². The summed E-state index contributed by atoms with van der Waals surface area (Å²) in [6, 6.07) is 3.97. The number of benzene rings is 1. The van der Waals surface area contributed by atoms with Crippen molar-refractivity contribution in [2.75, 3.05) is 21.2 Å². The Bertz CT molecular complexity index is 589. The maximum absolute atomic E-state index is 12.1. The van der Waals surface area contributed by atoms with E-state index in [1.807, 2.05) is 0 Å². The number of phenolic OH excluding ortho intramolecular Hbond substituents is 1. The Morgan fingerprint density at radius 1 is 1.14 bits per heavy atom. The van der Waals surface area contributed by atoms with E-state index < -0.39 is 23.8 Å². The van der Waals surface area contributed by atoms with E-state index in [9.17, 15) is 19.5 Å². The molecular weight excluding hydrogens is 276 g/mol. The van der Waals surface area contributed by atoms with Gasteiger partial charge in [-0.15, -0.1) is 0 Å². The van der Waals surface area contributed by atoms with Crippen LogP contribution in [0, 0.1) is 5.92 Å². The van der Waals surface area contributed by atoms with Crippen molar-refractivity contribution in [2.24, 2.45) is 5.92 Å². The van der Waals surface area contributed by atoms with Crippen LogP contribution >= 0.6 is 0 Å². The Hall–Kier alpha value is -2.57. The van der Waals surface area contributed by atoms with Crippen molar-refractivity contribution in [1.82, 2.24) is 9.80 Å². The fourth-order valence-corrected chi connectivity index (χ4v) is 2.25. The van der Waals surface area contributed by atoms with Gasteiger partial charge < -0.3 is 9.84 Å². The number of hydrogen-bond donors (Lipinski definition) is 1. The van der Waals surface area contributed by atoms with Crippen molar-refractivity contribution in [3.63, 3.8) is 0 Å². The van der Waals surface area contributed by atoms with Gasteiger partial charge in [-0.1, -0.05) is 6.07 Å². The first-order chi connectivity index (χ1) is 9.86. The number of imide groups is 2. The van der Waals surface area contributed by atoms with Crippen LogP contribution in [0.1, 0.15) is 5.56 Å². The van der Waals surface area contributed by atoms with E-state index in [0.29, 0.717) is 5.56 Å². The number of barbiturate groups is 1. The lowest BCUT2D eigenvalue weighted by Gasteiger charge is -2.32. The first-order valence-corrected chi connectivity index (χ1v) is 6.31. The van der Waals surface area contributed by atoms with Crippen molar-refractivity contribution < 1.29 is 24.2 Å². The van der Waals surface area contributed by atoms with Crippen LogP contribution in [-0.2, 0) is 16.0 Å². The molecule has 0 aromatic heterocycles. The first kappa shape index (κ1) is 14.8. The Balaban J connectivity index is 2.27. The Morgan fingerprint density at radius 2 is 1.71 bits per heavy atom. The third kappa shape index (κ3) is 2.54. The number of aromatic hydroxyl groups is 1. The second kappa shape index (κ2) is 5.43. The maximum Gasteiger partial charge on any atom is 0.332 e. The van der Waals surface area contributed by atoms with Gasteiger partial charge in [0.1, 0.15) is 5.92 Å². The molecule has 0 aliphatic carbocycles. The molecule has 112 valence electrons. The molecule has 1 aliphatic rings. The third-order valence-electron chi connectivity index (χ3n) is 3.52. The van der Waals surface area contributed by atoms with Gasteiger partial charge in [0.15, 0.2) is 11.5 Å². The first-order valence-electron chi connectivity index (χ1n) is 6.31. The molecule has 7 heteroatoms. The van der Waals surface area contributed by atoms with Crippen molar-refractivity contribution in [3.05, 3.63) is 23.8 Å². The predicted molar refractivity (Wildman–Crippen MR) is 72.8 cm³/mol. The van der Waals surface area contributed by atoms with Gasteiger partial charge in [0, 0.05) is 14.1 Å². The molecule has 1 aromatic rings. The molecule has 21 heavy (non-hydrogen) atoms. The standard InChI is InChI=1S/C14H16N2O5/c1-15-12(18)9(13(19)16(2)14(15)20)6-8-4-5-10(17)11(7-8)21-3/h4-5,7,9,17H,6H2,1-3H3. The highest BCUT2D eigenvalue weighted by Gasteiger charge is 2.42. The Morgan fingerprint density at radius 3 is 2.24 bits per heavy atom. The quantitative estimate of drug-likeness (QED) is 0.825. The summed E-state index contributed by atoms with van der Waals surface area (Å²) in [6.45, 7) is 0. The fraction of sp³-hybridized carbons (Fsp3) is 0.357. The molecule has 0 unspecified atom stereocenters. The molecule has 0 bridgehead atoms. The van der Waals surface area contributed by atoms with Gasteiger partial charge in [0.2, 0.25) is 11.8 Å². The number of urea groups is 1. The average molecular weight is 292 g/mol. The zero-order valence-corrected chi connectivity index (χ0v) is 12.0. The number of methoxy groups -OCH3 is 1. The highest BCUT2D eigenvalue weighted by atomic mass is 16.5. The normalized spacial score (nSPS) is 16.6. The molecule has 0 atom stereocenters. The minimum Gasteiger partial charge on any atom is -0.504 e. The van der Waals surface area contributed by atoms with E-state index >= 15 is 0 Å². The number of ether oxygens (including phenoxy) is 1. The van der Waals surface area contributed by atoms with Gasteiger partial charge in [-0.2, -0.15) is 0 Å². The van der Waals surface area contributed by atoms with Crippen LogP contribution in [0.3, 0.4) is 0 Å². The molecule has 0 spiro atoms. The average Bonchev–Trinajstić information content (AvgIpc) is 2.49. The second-order valence-electron chi connectivity index (χ2n) is 4.84. The zero-order chi connectivity index (χ0) is 15.7. The van der Waals surface area contributed by atoms with Gasteiger partial charge in [0.25, 0.3) is 0 Å². The SMILES string of the molecule is COc1cc(CC2C(=O)N(C)C(=O)N(C)C2=O)ccc1O. The minimum atomic E-state index is -0.952. The second-order valence-corrected chi connectivity index (χ2v) is 4.84. The lowest BCUT2D eigenvalue weighted by molar-refractivity contribution is -0.147. The van der Waals surface area contributed by atoms with E-state index in [2.05, 4.69) is 0 Å². The topological polar surface area (TPSA) is 87.2 Å². The number of carbonyl (C=O) groups is 3. The molecule has 1 saturated heterocycles. The van der Waals surface area contributed by atoms with Crippen LogP contribution in [0.15, 0.2) is 18.2 Å². The number of hydrogen-bond acceptors (Lipinski definition) is 5. The van der Waals surface area contributed by atoms with Crippen LogP contribution in [0.25, 0.3) is 0 Å². The summed E-state index contributed by atoms with van der Waals surface area (Å²) in [7, 11) is 4.10. The molecular formula is C14H16N2O5. The largest absolute Gasteiger partial charge is 0.504 e. The van der Waals surface area contributed by atoms with Crippen LogP contribution < -0.4 is 4.74 Å². The van der Waals surface area contributed by atoms with E-state index in [1.165, 1.54) is 27.3 Å². The van der Waals surface area contributed by atoms with Crippen molar-refractivity contribution in [1.29, 1.82) is 0 Å². The highest BCUT2D eigenvalue weighted by Crippen LogP contribution is 2.28. The molecule has 1 aliphatic heterocycles. The van der Waals surface area contributed by atoms with E-state index in [-0.39, 0.29) is 17.9 Å². The number of amides is 4. The molecule has 1 N–H and O–H groups in total. The van der Waals surface area contributed by atoms with E-state index in [4.69, 9.17) is 4.74 Å². The number of nitrogens with zero attached hydrogens (tertiary/aromatic N) is 2. The Kier molecular flexibility index (Phi) is 3.84. The minimum absolute atomic E-state index is 0.0213. The fourth-order valence-electron chi connectivity index (χ4n) is 2.25. The summed E-state index contributed by atoms with van der Waals surface area (Å²) in [4.78, 5) is 37.7. The summed E-state index contributed by atoms with van der Waals surface area (Å²) in [6.07, 6.45) is 0.135. The Labute approximate surface area is 121 Å². The highest BCUT2D eigenvalue weighted by molar-refractivity contribution is 6.15. The lowest BCUT2D eigenvalue weighted by atomic mass is 9.95. The zero-order valence-electron chi connectivity index (χ0n) is 12.0. The van der Waals surface area contributed by atoms with Gasteiger partial charge in [-0.05, 0) is 24.1 Å². The molecule has 1 aromatic carbocycles. The smallest absolute Gasteiger partial charge is 0.332 e. The molecule has 0 radical (unpaired) electrons. The van der Waals surface area contributed by atoms with Crippen molar-refractivity contribution in [2.45, 2.75) is 6.42 Å². The summed E-state index contributed by atoms with van der Waals surface area (Å²) in [5.74, 6) is -1.77. The van der Waals surface area contributed by atoms with Crippen LogP contribution in [-0.4, -0.2) is 54.0 Å². The van der Waals surface area contributed by atoms with E-state index in [1.54, 1.807) is 12.1 Å². The lowest BCUT2D eigenvalue weighted by Crippen LogP contribution is -2.57. The van der Waals surface area contributed by atoms with E-state index in [0.717, 1.165) is 9.80 Å². The molecule has 2 rings (SSSR count). The maximum atomic E-state index is 12.1. The van der Waals surface area contributed by atoms with Crippen LogP contribution in [0.5, 0.6) is 11.5 Å². The monoisotopic (exact) mass is 292 g/mol. The number of phenols is 1. The summed E-state index contributed by atoms with van der Waals surface area (Å²) in [5, 5.41) is 9.54. The summed E-state index contributed by atoms with van der Waals surface area (Å²) >= 11 is 0. The third-order valence-corrected chi connectivity index (χ3v) is 3.52. The molecule has 0 saturated carbocycles. The predicted octanol–water partition coefficient (Wildman–Crippen LogP) is 0.610. The molecule has 1 fully saturated rings. The van der Waals surface area contributed by atoms with Gasteiger partial charge >= 0.3 is 6.03 Å². The molecule has 7 nitrogen and oxygen atoms in total. The molecule has 1 heterocycles. The van der Waals surface area contributed by atoms with Crippen LogP contribution in [0.4, 0.5) is 4.79 Å². The van der Waals surface area contributed by atoms with Crippen molar-refractivity contribution >= 4 is 17.8 Å². The summed E-state index contributed by atoms with van der Waals surface area (Å²) in [5.41, 5.74) is 0.660. The van der Waals surface area contributed by atoms with Gasteiger partial charge in [-0.25, -0.2) is 4.79 Å². The van der Waals surface area contributed by atoms with Crippen LogP contribution in [0.2, 0.25) is 0 Å². The summed E-state index contributed by atoms with van der Waals surface area (Å²) < 4.78 is 4.99. The van der Waals surface area contributed by atoms with Crippen molar-refractivity contribution in [3.8, 4) is 11.5 Å².